The standard InChI is InChI=1S/C10H9BrClN3/c11-9-2-1-8(12)3-7(9)4-15-5-10(13)14-6-15/h1-3,5-6H,4,13H2. The lowest BCUT2D eigenvalue weighted by Gasteiger charge is -2.05. The van der Waals surface area contributed by atoms with Crippen LogP contribution in [0.15, 0.2) is 35.2 Å². The van der Waals surface area contributed by atoms with Gasteiger partial charge in [0.15, 0.2) is 0 Å². The van der Waals surface area contributed by atoms with E-state index in [1.54, 1.807) is 12.5 Å². The molecule has 2 aromatic rings. The first-order valence-electron chi connectivity index (χ1n) is 4.36. The molecule has 0 spiro atoms. The van der Waals surface area contributed by atoms with Gasteiger partial charge in [0.05, 0.1) is 6.33 Å². The Hall–Kier alpha value is -1.00. The van der Waals surface area contributed by atoms with Crippen LogP contribution in [-0.4, -0.2) is 9.55 Å². The van der Waals surface area contributed by atoms with Crippen LogP contribution in [0.5, 0.6) is 0 Å². The Balaban J connectivity index is 2.27. The molecule has 0 aliphatic carbocycles. The van der Waals surface area contributed by atoms with Gasteiger partial charge in [-0.3, -0.25) is 0 Å². The highest BCUT2D eigenvalue weighted by molar-refractivity contribution is 9.10. The van der Waals surface area contributed by atoms with Gasteiger partial charge in [-0.05, 0) is 23.8 Å². The van der Waals surface area contributed by atoms with Crippen molar-refractivity contribution in [2.45, 2.75) is 6.54 Å². The number of nitrogens with zero attached hydrogens (tertiary/aromatic N) is 2. The minimum Gasteiger partial charge on any atom is -0.382 e. The molecule has 5 heteroatoms. The molecule has 0 bridgehead atoms. The molecule has 1 aromatic carbocycles. The van der Waals surface area contributed by atoms with Gasteiger partial charge < -0.3 is 10.3 Å². The maximum Gasteiger partial charge on any atom is 0.141 e. The van der Waals surface area contributed by atoms with Gasteiger partial charge in [-0.1, -0.05) is 27.5 Å². The van der Waals surface area contributed by atoms with Crippen molar-refractivity contribution >= 4 is 33.3 Å². The van der Waals surface area contributed by atoms with Crippen LogP contribution in [0.25, 0.3) is 0 Å². The fourth-order valence-corrected chi connectivity index (χ4v) is 1.89. The third kappa shape index (κ3) is 2.52. The summed E-state index contributed by atoms with van der Waals surface area (Å²) in [7, 11) is 0. The average molecular weight is 287 g/mol. The first-order chi connectivity index (χ1) is 7.15. The third-order valence-corrected chi connectivity index (χ3v) is 3.02. The van der Waals surface area contributed by atoms with Crippen molar-refractivity contribution in [3.63, 3.8) is 0 Å². The maximum atomic E-state index is 5.92. The summed E-state index contributed by atoms with van der Waals surface area (Å²) in [6, 6.07) is 5.69. The maximum absolute atomic E-state index is 5.92. The second kappa shape index (κ2) is 4.24. The molecule has 15 heavy (non-hydrogen) atoms. The van der Waals surface area contributed by atoms with Crippen LogP contribution >= 0.6 is 27.5 Å². The average Bonchev–Trinajstić information content (AvgIpc) is 2.58. The first kappa shape index (κ1) is 10.5. The number of anilines is 1. The summed E-state index contributed by atoms with van der Waals surface area (Å²) in [6.07, 6.45) is 3.48. The molecule has 78 valence electrons. The van der Waals surface area contributed by atoms with Crippen molar-refractivity contribution in [3.05, 3.63) is 45.8 Å². The molecule has 0 aliphatic heterocycles. The molecule has 2 N–H and O–H groups in total. The van der Waals surface area contributed by atoms with E-state index in [1.165, 1.54) is 0 Å². The van der Waals surface area contributed by atoms with E-state index >= 15 is 0 Å². The highest BCUT2D eigenvalue weighted by Crippen LogP contribution is 2.22. The summed E-state index contributed by atoms with van der Waals surface area (Å²) in [5.41, 5.74) is 6.63. The van der Waals surface area contributed by atoms with Crippen molar-refractivity contribution in [2.75, 3.05) is 5.73 Å². The molecule has 1 heterocycles. The van der Waals surface area contributed by atoms with Crippen molar-refractivity contribution in [2.24, 2.45) is 0 Å². The van der Waals surface area contributed by atoms with Gasteiger partial charge in [-0.15, -0.1) is 0 Å². The number of rotatable bonds is 2. The molecule has 0 saturated carbocycles. The van der Waals surface area contributed by atoms with E-state index in [9.17, 15) is 0 Å². The van der Waals surface area contributed by atoms with Crippen LogP contribution in [0.3, 0.4) is 0 Å². The van der Waals surface area contributed by atoms with Crippen LogP contribution in [0.4, 0.5) is 5.82 Å². The van der Waals surface area contributed by atoms with Gasteiger partial charge >= 0.3 is 0 Å². The number of nitrogen functional groups attached to an aromatic ring is 1. The first-order valence-corrected chi connectivity index (χ1v) is 5.53. The number of aromatic nitrogens is 2. The zero-order chi connectivity index (χ0) is 10.8. The SMILES string of the molecule is Nc1cn(Cc2cc(Cl)ccc2Br)cn1. The van der Waals surface area contributed by atoms with Crippen LogP contribution in [-0.2, 0) is 6.54 Å². The van der Waals surface area contributed by atoms with E-state index in [2.05, 4.69) is 20.9 Å². The normalized spacial score (nSPS) is 10.5. The quantitative estimate of drug-likeness (QED) is 0.922. The summed E-state index contributed by atoms with van der Waals surface area (Å²) in [4.78, 5) is 3.96. The minimum absolute atomic E-state index is 0.521. The highest BCUT2D eigenvalue weighted by Gasteiger charge is 2.02. The van der Waals surface area contributed by atoms with E-state index in [0.717, 1.165) is 15.1 Å². The summed E-state index contributed by atoms with van der Waals surface area (Å²) in [5, 5.41) is 0.723. The lowest BCUT2D eigenvalue weighted by atomic mass is 10.2. The van der Waals surface area contributed by atoms with E-state index in [1.807, 2.05) is 22.8 Å². The molecular formula is C10H9BrClN3. The Kier molecular flexibility index (Phi) is 2.98. The van der Waals surface area contributed by atoms with Gasteiger partial charge in [-0.25, -0.2) is 4.98 Å². The van der Waals surface area contributed by atoms with Crippen molar-refractivity contribution in [3.8, 4) is 0 Å². The molecule has 0 amide bonds. The molecule has 0 radical (unpaired) electrons. The van der Waals surface area contributed by atoms with E-state index in [0.29, 0.717) is 12.4 Å². The summed E-state index contributed by atoms with van der Waals surface area (Å²) >= 11 is 9.39. The number of hydrogen-bond donors (Lipinski definition) is 1. The number of hydrogen-bond acceptors (Lipinski definition) is 2. The van der Waals surface area contributed by atoms with Crippen molar-refractivity contribution in [1.29, 1.82) is 0 Å². The predicted octanol–water partition coefficient (Wildman–Crippen LogP) is 2.93. The fraction of sp³-hybridized carbons (Fsp3) is 0.100. The molecule has 0 saturated heterocycles. The summed E-state index contributed by atoms with van der Waals surface area (Å²) in [6.45, 7) is 0.700. The van der Waals surface area contributed by atoms with Gasteiger partial charge in [-0.2, -0.15) is 0 Å². The summed E-state index contributed by atoms with van der Waals surface area (Å²) < 4.78 is 2.94. The Morgan fingerprint density at radius 1 is 1.47 bits per heavy atom. The zero-order valence-electron chi connectivity index (χ0n) is 7.82. The minimum atomic E-state index is 0.521. The lowest BCUT2D eigenvalue weighted by molar-refractivity contribution is 0.794. The number of imidazole rings is 1. The molecule has 0 aliphatic rings. The Morgan fingerprint density at radius 2 is 2.27 bits per heavy atom. The topological polar surface area (TPSA) is 43.8 Å². The monoisotopic (exact) mass is 285 g/mol. The van der Waals surface area contributed by atoms with Crippen LogP contribution in [0.1, 0.15) is 5.56 Å². The van der Waals surface area contributed by atoms with Gasteiger partial charge in [0.2, 0.25) is 0 Å². The van der Waals surface area contributed by atoms with Crippen LogP contribution in [0, 0.1) is 0 Å². The lowest BCUT2D eigenvalue weighted by Crippen LogP contribution is -1.97. The van der Waals surface area contributed by atoms with Gasteiger partial charge in [0.1, 0.15) is 5.82 Å². The third-order valence-electron chi connectivity index (χ3n) is 2.01. The largest absolute Gasteiger partial charge is 0.382 e. The fourth-order valence-electron chi connectivity index (χ4n) is 1.33. The second-order valence-corrected chi connectivity index (χ2v) is 4.50. The smallest absolute Gasteiger partial charge is 0.141 e. The van der Waals surface area contributed by atoms with E-state index < -0.39 is 0 Å². The predicted molar refractivity (Wildman–Crippen MR) is 64.9 cm³/mol. The highest BCUT2D eigenvalue weighted by atomic mass is 79.9. The van der Waals surface area contributed by atoms with Crippen molar-refractivity contribution in [1.82, 2.24) is 9.55 Å². The summed E-state index contributed by atoms with van der Waals surface area (Å²) in [5.74, 6) is 0.521. The van der Waals surface area contributed by atoms with E-state index in [4.69, 9.17) is 17.3 Å². The zero-order valence-corrected chi connectivity index (χ0v) is 10.2. The molecule has 3 nitrogen and oxygen atoms in total. The number of benzene rings is 1. The van der Waals surface area contributed by atoms with Crippen LogP contribution < -0.4 is 5.73 Å². The molecule has 1 aromatic heterocycles. The Labute approximate surface area is 101 Å². The Morgan fingerprint density at radius 3 is 2.93 bits per heavy atom. The Bertz CT molecular complexity index is 481. The van der Waals surface area contributed by atoms with Gasteiger partial charge in [0.25, 0.3) is 0 Å². The second-order valence-electron chi connectivity index (χ2n) is 3.21. The van der Waals surface area contributed by atoms with Crippen LogP contribution in [0.2, 0.25) is 5.02 Å². The van der Waals surface area contributed by atoms with Crippen molar-refractivity contribution < 1.29 is 0 Å². The number of nitrogens with two attached hydrogens (primary N) is 1. The number of halogens is 2. The molecule has 0 fully saturated rings. The molecule has 2 rings (SSSR count). The molecule has 0 unspecified atom stereocenters. The molecular weight excluding hydrogens is 277 g/mol. The molecule has 0 atom stereocenters. The van der Waals surface area contributed by atoms with E-state index in [-0.39, 0.29) is 0 Å². The van der Waals surface area contributed by atoms with Gasteiger partial charge in [0, 0.05) is 22.2 Å².